The van der Waals surface area contributed by atoms with Crippen molar-refractivity contribution >= 4 is 46.0 Å². The van der Waals surface area contributed by atoms with Crippen molar-refractivity contribution < 1.29 is 9.59 Å². The quantitative estimate of drug-likeness (QED) is 0.286. The second-order valence-corrected chi connectivity index (χ2v) is 8.36. The molecule has 0 spiro atoms. The van der Waals surface area contributed by atoms with E-state index in [1.165, 1.54) is 29.2 Å². The van der Waals surface area contributed by atoms with Gasteiger partial charge in [-0.25, -0.2) is 4.98 Å². The maximum Gasteiger partial charge on any atom is 0.249 e. The third-order valence-corrected chi connectivity index (χ3v) is 6.00. The average molecular weight is 436 g/mol. The number of anilines is 1. The molecule has 30 heavy (non-hydrogen) atoms. The Morgan fingerprint density at radius 2 is 1.77 bits per heavy atom. The number of thioether (sulfide) groups is 1. The number of benzene rings is 2. The minimum absolute atomic E-state index is 0.0901. The second-order valence-electron chi connectivity index (χ2n) is 6.14. The highest BCUT2D eigenvalue weighted by atomic mass is 32.2. The van der Waals surface area contributed by atoms with Gasteiger partial charge in [-0.05, 0) is 11.6 Å². The number of aromatic nitrogens is 1. The van der Waals surface area contributed by atoms with E-state index in [9.17, 15) is 9.59 Å². The van der Waals surface area contributed by atoms with Crippen LogP contribution in [-0.2, 0) is 9.59 Å². The fraction of sp³-hybridized carbons (Fsp3) is 0.0870. The molecule has 3 aromatic rings. The van der Waals surface area contributed by atoms with Crippen molar-refractivity contribution in [2.75, 3.05) is 17.6 Å². The molecule has 0 radical (unpaired) electrons. The molecule has 3 rings (SSSR count). The summed E-state index contributed by atoms with van der Waals surface area (Å²) >= 11 is 2.69. The Labute approximate surface area is 183 Å². The van der Waals surface area contributed by atoms with Crippen LogP contribution in [0.5, 0.6) is 0 Å². The van der Waals surface area contributed by atoms with Crippen LogP contribution in [0, 0.1) is 0 Å². The van der Waals surface area contributed by atoms with Crippen molar-refractivity contribution in [2.24, 2.45) is 0 Å². The van der Waals surface area contributed by atoms with Crippen LogP contribution in [-0.4, -0.2) is 29.1 Å². The summed E-state index contributed by atoms with van der Waals surface area (Å²) in [6.45, 7) is 4.02. The molecule has 0 aliphatic rings. The molecule has 0 saturated carbocycles. The number of nitrogens with zero attached hydrogens (tertiary/aromatic N) is 1. The first kappa shape index (κ1) is 21.5. The van der Waals surface area contributed by atoms with E-state index < -0.39 is 0 Å². The van der Waals surface area contributed by atoms with Crippen LogP contribution in [0.15, 0.2) is 83.7 Å². The molecule has 2 N–H and O–H groups in total. The van der Waals surface area contributed by atoms with Gasteiger partial charge in [-0.1, -0.05) is 89.8 Å². The van der Waals surface area contributed by atoms with E-state index in [1.807, 2.05) is 60.7 Å². The molecule has 2 amide bonds. The molecule has 7 heteroatoms. The highest BCUT2D eigenvalue weighted by Gasteiger charge is 2.16. The summed E-state index contributed by atoms with van der Waals surface area (Å²) in [5.74, 6) is -0.0793. The number of carbonyl (C=O) groups excluding carboxylic acids is 2. The predicted molar refractivity (Wildman–Crippen MR) is 126 cm³/mol. The van der Waals surface area contributed by atoms with Crippen LogP contribution in [0.1, 0.15) is 5.56 Å². The number of thiazole rings is 1. The Balaban J connectivity index is 1.75. The van der Waals surface area contributed by atoms with Gasteiger partial charge in [0.2, 0.25) is 11.8 Å². The van der Waals surface area contributed by atoms with Crippen LogP contribution in [0.4, 0.5) is 5.00 Å². The topological polar surface area (TPSA) is 71.1 Å². The molecule has 0 aliphatic heterocycles. The van der Waals surface area contributed by atoms with Gasteiger partial charge in [0, 0.05) is 18.2 Å². The number of hydrogen-bond donors (Lipinski definition) is 2. The van der Waals surface area contributed by atoms with Gasteiger partial charge in [-0.3, -0.25) is 9.59 Å². The van der Waals surface area contributed by atoms with Crippen LogP contribution < -0.4 is 10.6 Å². The van der Waals surface area contributed by atoms with E-state index >= 15 is 0 Å². The lowest BCUT2D eigenvalue weighted by Crippen LogP contribution is -2.24. The first-order valence-corrected chi connectivity index (χ1v) is 11.1. The maximum atomic E-state index is 12.5. The third-order valence-electron chi connectivity index (χ3n) is 3.89. The Kier molecular flexibility index (Phi) is 8.00. The van der Waals surface area contributed by atoms with Gasteiger partial charge < -0.3 is 10.6 Å². The van der Waals surface area contributed by atoms with Crippen molar-refractivity contribution in [1.82, 2.24) is 10.3 Å². The highest BCUT2D eigenvalue weighted by molar-refractivity contribution is 8.01. The van der Waals surface area contributed by atoms with Crippen molar-refractivity contribution in [3.8, 4) is 11.3 Å². The van der Waals surface area contributed by atoms with Crippen LogP contribution in [0.3, 0.4) is 0 Å². The van der Waals surface area contributed by atoms with E-state index in [2.05, 4.69) is 22.2 Å². The van der Waals surface area contributed by atoms with E-state index in [0.29, 0.717) is 21.6 Å². The number of hydrogen-bond acceptors (Lipinski definition) is 5. The number of rotatable bonds is 9. The summed E-state index contributed by atoms with van der Waals surface area (Å²) < 4.78 is 0.713. The summed E-state index contributed by atoms with van der Waals surface area (Å²) in [5.41, 5.74) is 2.54. The maximum absolute atomic E-state index is 12.5. The first-order chi connectivity index (χ1) is 14.7. The molecule has 2 aromatic carbocycles. The number of nitrogens with one attached hydrogen (secondary N) is 2. The molecular weight excluding hydrogens is 414 g/mol. The van der Waals surface area contributed by atoms with E-state index in [0.717, 1.165) is 11.1 Å². The van der Waals surface area contributed by atoms with Crippen molar-refractivity contribution in [3.05, 3.63) is 85.0 Å². The molecule has 1 aromatic heterocycles. The summed E-state index contributed by atoms with van der Waals surface area (Å²) in [6.07, 6.45) is 4.90. The highest BCUT2D eigenvalue weighted by Crippen LogP contribution is 2.37. The predicted octanol–water partition coefficient (Wildman–Crippen LogP) is 4.86. The zero-order valence-corrected chi connectivity index (χ0v) is 17.8. The van der Waals surface area contributed by atoms with E-state index in [-0.39, 0.29) is 17.6 Å². The molecular formula is C23H21N3O2S2. The van der Waals surface area contributed by atoms with Gasteiger partial charge in [-0.15, -0.1) is 6.58 Å². The minimum atomic E-state index is -0.236. The van der Waals surface area contributed by atoms with Gasteiger partial charge in [0.05, 0.1) is 5.75 Å². The smallest absolute Gasteiger partial charge is 0.249 e. The molecule has 0 bridgehead atoms. The van der Waals surface area contributed by atoms with E-state index in [4.69, 9.17) is 0 Å². The molecule has 152 valence electrons. The van der Waals surface area contributed by atoms with Crippen LogP contribution in [0.2, 0.25) is 0 Å². The van der Waals surface area contributed by atoms with Crippen molar-refractivity contribution in [2.45, 2.75) is 4.34 Å². The van der Waals surface area contributed by atoms with Gasteiger partial charge in [0.1, 0.15) is 10.7 Å². The van der Waals surface area contributed by atoms with Gasteiger partial charge in [-0.2, -0.15) is 0 Å². The SMILES string of the molecule is C=CCNC(=O)CSc1nc(-c2ccccc2)c(NC(=O)C=Cc2ccccc2)s1. The standard InChI is InChI=1S/C23H21N3O2S2/c1-2-15-24-20(28)16-29-23-26-21(18-11-7-4-8-12-18)22(30-23)25-19(27)14-13-17-9-5-3-6-10-17/h2-14H,1,15-16H2,(H,24,28)(H,25,27). The normalized spacial score (nSPS) is 10.7. The molecule has 0 saturated heterocycles. The lowest BCUT2D eigenvalue weighted by molar-refractivity contribution is -0.118. The third kappa shape index (κ3) is 6.43. The van der Waals surface area contributed by atoms with Crippen molar-refractivity contribution in [3.63, 3.8) is 0 Å². The Hall–Kier alpha value is -3.16. The molecule has 0 unspecified atom stereocenters. The summed E-state index contributed by atoms with van der Waals surface area (Å²) in [4.78, 5) is 29.0. The largest absolute Gasteiger partial charge is 0.352 e. The Morgan fingerprint density at radius 3 is 2.47 bits per heavy atom. The first-order valence-electron chi connectivity index (χ1n) is 9.26. The Bertz CT molecular complexity index is 1030. The summed E-state index contributed by atoms with van der Waals surface area (Å²) in [5, 5.41) is 6.32. The summed E-state index contributed by atoms with van der Waals surface area (Å²) in [6, 6.07) is 19.3. The molecule has 1 heterocycles. The van der Waals surface area contributed by atoms with Crippen molar-refractivity contribution in [1.29, 1.82) is 0 Å². The van der Waals surface area contributed by atoms with Crippen LogP contribution in [0.25, 0.3) is 17.3 Å². The zero-order chi connectivity index (χ0) is 21.2. The fourth-order valence-electron chi connectivity index (χ4n) is 2.49. The molecule has 0 aliphatic carbocycles. The van der Waals surface area contributed by atoms with Gasteiger partial charge >= 0.3 is 0 Å². The molecule has 5 nitrogen and oxygen atoms in total. The van der Waals surface area contributed by atoms with Crippen LogP contribution >= 0.6 is 23.1 Å². The molecule has 0 fully saturated rings. The Morgan fingerprint density at radius 1 is 1.07 bits per heavy atom. The fourth-order valence-corrected chi connectivity index (χ4v) is 4.39. The van der Waals surface area contributed by atoms with Gasteiger partial charge in [0.15, 0.2) is 4.34 Å². The molecule has 0 atom stereocenters. The number of carbonyl (C=O) groups is 2. The number of amides is 2. The van der Waals surface area contributed by atoms with E-state index in [1.54, 1.807) is 12.2 Å². The average Bonchev–Trinajstić information content (AvgIpc) is 3.18. The minimum Gasteiger partial charge on any atom is -0.352 e. The lowest BCUT2D eigenvalue weighted by Gasteiger charge is -2.02. The zero-order valence-electron chi connectivity index (χ0n) is 16.2. The summed E-state index contributed by atoms with van der Waals surface area (Å²) in [7, 11) is 0. The van der Waals surface area contributed by atoms with Gasteiger partial charge in [0.25, 0.3) is 0 Å². The lowest BCUT2D eigenvalue weighted by atomic mass is 10.1. The monoisotopic (exact) mass is 435 g/mol. The second kappa shape index (κ2) is 11.1.